The minimum Gasteiger partial charge on any atom is -0.378 e. The first kappa shape index (κ1) is 21.8. The van der Waals surface area contributed by atoms with Crippen LogP contribution in [-0.2, 0) is 0 Å². The van der Waals surface area contributed by atoms with Gasteiger partial charge in [-0.2, -0.15) is 0 Å². The van der Waals surface area contributed by atoms with Crippen molar-refractivity contribution < 1.29 is 33.6 Å². The smallest absolute Gasteiger partial charge is 0.234 e. The van der Waals surface area contributed by atoms with Gasteiger partial charge in [0, 0.05) is 46.9 Å². The van der Waals surface area contributed by atoms with Gasteiger partial charge in [-0.3, -0.25) is 0 Å². The average molecular weight is 383 g/mol. The Balaban J connectivity index is 0.000000597. The summed E-state index contributed by atoms with van der Waals surface area (Å²) >= 11 is 0. The molecule has 0 saturated carbocycles. The molecule has 1 aromatic heterocycles. The lowest BCUT2D eigenvalue weighted by atomic mass is 10.2. The minimum atomic E-state index is -4.94. The van der Waals surface area contributed by atoms with Gasteiger partial charge < -0.3 is 9.80 Å². The van der Waals surface area contributed by atoms with E-state index in [1.807, 2.05) is 51.3 Å². The molecule has 0 saturated heterocycles. The summed E-state index contributed by atoms with van der Waals surface area (Å²) in [6, 6.07) is 12.4. The van der Waals surface area contributed by atoms with E-state index in [-0.39, 0.29) is 0 Å². The van der Waals surface area contributed by atoms with Gasteiger partial charge in [0.15, 0.2) is 0 Å². The molecule has 0 aliphatic carbocycles. The molecule has 2 rings (SSSR count). The molecule has 1 aromatic carbocycles. The Labute approximate surface area is 155 Å². The summed E-state index contributed by atoms with van der Waals surface area (Å²) in [7, 11) is 3.21. The normalized spacial score (nSPS) is 11.1. The molecule has 8 nitrogen and oxygen atoms in total. The molecule has 0 amide bonds. The molecule has 0 aliphatic rings. The van der Waals surface area contributed by atoms with Crippen LogP contribution >= 0.6 is 0 Å². The number of halogens is 1. The summed E-state index contributed by atoms with van der Waals surface area (Å²) in [6.45, 7) is 2.07. The van der Waals surface area contributed by atoms with Crippen molar-refractivity contribution in [2.45, 2.75) is 6.92 Å². The Hall–Kier alpha value is -2.23. The summed E-state index contributed by atoms with van der Waals surface area (Å²) < 4.78 is 35.9. The highest BCUT2D eigenvalue weighted by Gasteiger charge is 2.11. The summed E-state index contributed by atoms with van der Waals surface area (Å²) in [5, 5.41) is 4.54. The predicted molar refractivity (Wildman–Crippen MR) is 89.5 cm³/mol. The average Bonchev–Trinajstić information content (AvgIpc) is 2.52. The fraction of sp³-hybridized carbons (Fsp3) is 0.294. The highest BCUT2D eigenvalue weighted by atomic mass is 35.7. The van der Waals surface area contributed by atoms with E-state index in [0.717, 1.165) is 16.9 Å². The van der Waals surface area contributed by atoms with Crippen molar-refractivity contribution >= 4 is 17.6 Å². The van der Waals surface area contributed by atoms with E-state index in [9.17, 15) is 0 Å². The zero-order valence-corrected chi connectivity index (χ0v) is 16.2. The van der Waals surface area contributed by atoms with E-state index < -0.39 is 10.2 Å². The van der Waals surface area contributed by atoms with Crippen LogP contribution in [-0.4, -0.2) is 34.4 Å². The number of pyridine rings is 1. The largest absolute Gasteiger partial charge is 0.378 e. The molecule has 9 heteroatoms. The van der Waals surface area contributed by atoms with Gasteiger partial charge in [0.05, 0.1) is 0 Å². The fourth-order valence-corrected chi connectivity index (χ4v) is 2.15. The van der Waals surface area contributed by atoms with E-state index >= 15 is 0 Å². The van der Waals surface area contributed by atoms with Crippen molar-refractivity contribution in [2.75, 3.05) is 38.0 Å². The van der Waals surface area contributed by atoms with Crippen molar-refractivity contribution in [3.63, 3.8) is 0 Å². The van der Waals surface area contributed by atoms with Crippen LogP contribution in [0.3, 0.4) is 0 Å². The summed E-state index contributed by atoms with van der Waals surface area (Å²) in [6.07, 6.45) is 3.85. The molecular formula is C17H23ClN4O4. The molecule has 0 bridgehead atoms. The van der Waals surface area contributed by atoms with Crippen molar-refractivity contribution in [1.82, 2.24) is 0 Å². The quantitative estimate of drug-likeness (QED) is 0.428. The minimum absolute atomic E-state index is 1.09. The monoisotopic (exact) mass is 382 g/mol. The number of benzene rings is 1. The molecule has 0 fully saturated rings. The first-order valence-electron chi connectivity index (χ1n) is 7.61. The van der Waals surface area contributed by atoms with Gasteiger partial charge in [-0.25, -0.2) is 18.6 Å². The second-order valence-corrected chi connectivity index (χ2v) is 6.58. The van der Waals surface area contributed by atoms with E-state index in [4.69, 9.17) is 18.6 Å². The summed E-state index contributed by atoms with van der Waals surface area (Å²) in [5.41, 5.74) is 4.55. The molecular weight excluding hydrogens is 360 g/mol. The maximum Gasteiger partial charge on any atom is 0.234 e. The van der Waals surface area contributed by atoms with E-state index in [0.29, 0.717) is 0 Å². The Kier molecular flexibility index (Phi) is 7.94. The third kappa shape index (κ3) is 7.77. The highest BCUT2D eigenvalue weighted by molar-refractivity contribution is 5.79. The molecule has 1 heterocycles. The SMILES string of the molecule is Cc1c(N(C)C)ccc[n+]1/N=C/c1ccc(N(C)C)cc1.[O-][Cl+3]([O-])([O-])[O-]. The highest BCUT2D eigenvalue weighted by Crippen LogP contribution is 2.13. The zero-order valence-electron chi connectivity index (χ0n) is 15.4. The lowest BCUT2D eigenvalue weighted by Gasteiger charge is -2.17. The molecule has 142 valence electrons. The first-order valence-corrected chi connectivity index (χ1v) is 8.84. The van der Waals surface area contributed by atoms with Gasteiger partial charge >= 0.3 is 0 Å². The van der Waals surface area contributed by atoms with Gasteiger partial charge in [0.2, 0.25) is 11.9 Å². The van der Waals surface area contributed by atoms with Crippen LogP contribution in [0, 0.1) is 17.2 Å². The third-order valence-electron chi connectivity index (χ3n) is 3.42. The predicted octanol–water partition coefficient (Wildman–Crippen LogP) is -2.46. The van der Waals surface area contributed by atoms with Gasteiger partial charge in [-0.05, 0) is 28.9 Å². The maximum atomic E-state index is 8.49. The molecule has 0 radical (unpaired) electrons. The van der Waals surface area contributed by atoms with E-state index in [2.05, 4.69) is 52.2 Å². The van der Waals surface area contributed by atoms with Gasteiger partial charge in [0.25, 0.3) is 0 Å². The number of rotatable bonds is 4. The van der Waals surface area contributed by atoms with Crippen molar-refractivity contribution in [3.8, 4) is 0 Å². The van der Waals surface area contributed by atoms with Crippen LogP contribution < -0.4 is 33.1 Å². The maximum absolute atomic E-state index is 8.49. The van der Waals surface area contributed by atoms with E-state index in [1.54, 1.807) is 0 Å². The molecule has 0 aliphatic heterocycles. The lowest BCUT2D eigenvalue weighted by Crippen LogP contribution is -2.68. The van der Waals surface area contributed by atoms with Crippen molar-refractivity contribution in [1.29, 1.82) is 0 Å². The Bertz CT molecular complexity index is 723. The van der Waals surface area contributed by atoms with Crippen LogP contribution in [0.2, 0.25) is 0 Å². The summed E-state index contributed by atoms with van der Waals surface area (Å²) in [5.74, 6) is 0. The number of anilines is 2. The Morgan fingerprint density at radius 2 is 1.46 bits per heavy atom. The summed E-state index contributed by atoms with van der Waals surface area (Å²) in [4.78, 5) is 4.17. The number of nitrogens with zero attached hydrogens (tertiary/aromatic N) is 4. The first-order chi connectivity index (χ1) is 12.0. The number of hydrogen-bond acceptors (Lipinski definition) is 7. The molecule has 0 unspecified atom stereocenters. The van der Waals surface area contributed by atoms with Gasteiger partial charge in [0.1, 0.15) is 11.9 Å². The second-order valence-electron chi connectivity index (χ2n) is 5.83. The molecule has 0 spiro atoms. The topological polar surface area (TPSA) is 115 Å². The molecule has 0 N–H and O–H groups in total. The molecule has 0 atom stereocenters. The van der Waals surface area contributed by atoms with Crippen LogP contribution in [0.1, 0.15) is 11.3 Å². The number of hydrogen-bond donors (Lipinski definition) is 0. The second kappa shape index (κ2) is 9.46. The van der Waals surface area contributed by atoms with Crippen molar-refractivity contribution in [2.24, 2.45) is 5.10 Å². The van der Waals surface area contributed by atoms with Crippen LogP contribution in [0.25, 0.3) is 0 Å². The standard InChI is InChI=1S/C17H23N4.ClHO4/c1-14-17(20(4)5)7-6-12-21(14)18-13-15-8-10-16(11-9-15)19(2)3;2-1(3,4)5/h6-13H,1-5H3;(H,2,3,4,5)/q+1;/p-1/b18-13+;. The van der Waals surface area contributed by atoms with E-state index in [1.165, 1.54) is 5.69 Å². The fourth-order valence-electron chi connectivity index (χ4n) is 2.15. The Morgan fingerprint density at radius 3 is 1.92 bits per heavy atom. The van der Waals surface area contributed by atoms with Crippen LogP contribution in [0.4, 0.5) is 11.4 Å². The van der Waals surface area contributed by atoms with Gasteiger partial charge in [-0.15, -0.1) is 10.2 Å². The van der Waals surface area contributed by atoms with Crippen LogP contribution in [0.15, 0.2) is 47.7 Å². The molecule has 26 heavy (non-hydrogen) atoms. The lowest BCUT2D eigenvalue weighted by molar-refractivity contribution is -2.00. The van der Waals surface area contributed by atoms with Gasteiger partial charge in [-0.1, -0.05) is 16.8 Å². The van der Waals surface area contributed by atoms with Crippen molar-refractivity contribution in [3.05, 3.63) is 53.9 Å². The third-order valence-corrected chi connectivity index (χ3v) is 3.42. The van der Waals surface area contributed by atoms with Crippen LogP contribution in [0.5, 0.6) is 0 Å². The Morgan fingerprint density at radius 1 is 0.923 bits per heavy atom. The molecule has 2 aromatic rings. The zero-order chi connectivity index (χ0) is 19.9. The number of aromatic nitrogens is 1.